The molecular weight excluding hydrogens is 346 g/mol. The van der Waals surface area contributed by atoms with Gasteiger partial charge in [-0.25, -0.2) is 4.79 Å². The van der Waals surface area contributed by atoms with Crippen molar-refractivity contribution in [2.24, 2.45) is 0 Å². The summed E-state index contributed by atoms with van der Waals surface area (Å²) in [4.78, 5) is 24.2. The smallest absolute Gasteiger partial charge is 0.338 e. The van der Waals surface area contributed by atoms with E-state index in [1.807, 2.05) is 49.4 Å². The lowest BCUT2D eigenvalue weighted by molar-refractivity contribution is -0.116. The minimum atomic E-state index is -1.03. The van der Waals surface area contributed by atoms with Crippen LogP contribution in [0.4, 0.5) is 5.00 Å². The van der Waals surface area contributed by atoms with Crippen LogP contribution in [0, 0.1) is 6.92 Å². The van der Waals surface area contributed by atoms with Crippen molar-refractivity contribution in [2.75, 3.05) is 5.32 Å². The summed E-state index contributed by atoms with van der Waals surface area (Å²) in [5, 5.41) is 12.3. The van der Waals surface area contributed by atoms with Gasteiger partial charge in [0.25, 0.3) is 0 Å². The maximum atomic E-state index is 12.2. The van der Waals surface area contributed by atoms with E-state index in [1.165, 1.54) is 11.3 Å². The third-order valence-electron chi connectivity index (χ3n) is 4.04. The standard InChI is InChI=1S/C21H19NO3S/c1-14-13-18(21(24)25)20(26-14)22-19(23)12-9-15-7-10-17(11-8-15)16-5-3-2-4-6-16/h2-8,10-11,13H,9,12H2,1H3,(H,22,23)(H,24,25). The summed E-state index contributed by atoms with van der Waals surface area (Å²) in [5.74, 6) is -1.21. The van der Waals surface area contributed by atoms with E-state index < -0.39 is 5.97 Å². The number of hydrogen-bond acceptors (Lipinski definition) is 3. The molecule has 1 heterocycles. The van der Waals surface area contributed by atoms with Gasteiger partial charge in [0.2, 0.25) is 5.91 Å². The third-order valence-corrected chi connectivity index (χ3v) is 5.01. The van der Waals surface area contributed by atoms with Crippen LogP contribution >= 0.6 is 11.3 Å². The molecule has 0 aliphatic heterocycles. The zero-order valence-corrected chi connectivity index (χ0v) is 15.2. The third kappa shape index (κ3) is 4.37. The summed E-state index contributed by atoms with van der Waals surface area (Å²) in [7, 11) is 0. The number of aromatic carboxylic acids is 1. The fraction of sp³-hybridized carbons (Fsp3) is 0.143. The summed E-state index contributed by atoms with van der Waals surface area (Å²) in [5.41, 5.74) is 3.51. The first-order valence-electron chi connectivity index (χ1n) is 8.31. The molecule has 3 rings (SSSR count). The van der Waals surface area contributed by atoms with Crippen molar-refractivity contribution < 1.29 is 14.7 Å². The van der Waals surface area contributed by atoms with Gasteiger partial charge in [-0.2, -0.15) is 0 Å². The van der Waals surface area contributed by atoms with Gasteiger partial charge in [-0.15, -0.1) is 11.3 Å². The molecular formula is C21H19NO3S. The SMILES string of the molecule is Cc1cc(C(=O)O)c(NC(=O)CCc2ccc(-c3ccccc3)cc2)s1. The van der Waals surface area contributed by atoms with Gasteiger partial charge in [-0.3, -0.25) is 4.79 Å². The first-order chi connectivity index (χ1) is 12.5. The summed E-state index contributed by atoms with van der Waals surface area (Å²) < 4.78 is 0. The van der Waals surface area contributed by atoms with Gasteiger partial charge in [-0.05, 0) is 36.1 Å². The first-order valence-corrected chi connectivity index (χ1v) is 9.12. The van der Waals surface area contributed by atoms with Gasteiger partial charge in [0.05, 0.1) is 5.56 Å². The average Bonchev–Trinajstić information content (AvgIpc) is 3.01. The molecule has 3 aromatic rings. The summed E-state index contributed by atoms with van der Waals surface area (Å²) in [6, 6.07) is 19.8. The van der Waals surface area contributed by atoms with E-state index in [9.17, 15) is 14.7 Å². The highest BCUT2D eigenvalue weighted by molar-refractivity contribution is 7.16. The lowest BCUT2D eigenvalue weighted by Gasteiger charge is -2.06. The minimum absolute atomic E-state index is 0.146. The summed E-state index contributed by atoms with van der Waals surface area (Å²) >= 11 is 1.28. The van der Waals surface area contributed by atoms with E-state index in [4.69, 9.17) is 0 Å². The van der Waals surface area contributed by atoms with Crippen LogP contribution in [-0.4, -0.2) is 17.0 Å². The molecule has 0 unspecified atom stereocenters. The maximum absolute atomic E-state index is 12.2. The lowest BCUT2D eigenvalue weighted by atomic mass is 10.0. The van der Waals surface area contributed by atoms with Gasteiger partial charge in [-0.1, -0.05) is 54.6 Å². The molecule has 0 fully saturated rings. The fourth-order valence-corrected chi connectivity index (χ4v) is 3.63. The molecule has 2 aromatic carbocycles. The number of rotatable bonds is 6. The first kappa shape index (κ1) is 17.9. The molecule has 0 aliphatic carbocycles. The number of anilines is 1. The summed E-state index contributed by atoms with van der Waals surface area (Å²) in [6.45, 7) is 1.82. The predicted molar refractivity (Wildman–Crippen MR) is 105 cm³/mol. The quantitative estimate of drug-likeness (QED) is 0.646. The topological polar surface area (TPSA) is 66.4 Å². The molecule has 0 radical (unpaired) electrons. The Morgan fingerprint density at radius 3 is 2.31 bits per heavy atom. The molecule has 1 aromatic heterocycles. The van der Waals surface area contributed by atoms with Crippen molar-refractivity contribution in [2.45, 2.75) is 19.8 Å². The molecule has 0 bridgehead atoms. The van der Waals surface area contributed by atoms with E-state index in [1.54, 1.807) is 6.07 Å². The number of nitrogens with one attached hydrogen (secondary N) is 1. The van der Waals surface area contributed by atoms with Crippen LogP contribution in [0.1, 0.15) is 27.2 Å². The zero-order valence-electron chi connectivity index (χ0n) is 14.4. The van der Waals surface area contributed by atoms with Crippen molar-refractivity contribution in [1.82, 2.24) is 0 Å². The van der Waals surface area contributed by atoms with Crippen LogP contribution in [0.5, 0.6) is 0 Å². The molecule has 26 heavy (non-hydrogen) atoms. The van der Waals surface area contributed by atoms with E-state index in [0.717, 1.165) is 21.6 Å². The number of thiophene rings is 1. The monoisotopic (exact) mass is 365 g/mol. The molecule has 0 saturated carbocycles. The number of carbonyl (C=O) groups is 2. The van der Waals surface area contributed by atoms with E-state index in [-0.39, 0.29) is 11.5 Å². The van der Waals surface area contributed by atoms with Crippen molar-refractivity contribution in [1.29, 1.82) is 0 Å². The van der Waals surface area contributed by atoms with E-state index in [0.29, 0.717) is 17.8 Å². The van der Waals surface area contributed by atoms with Crippen molar-refractivity contribution in [3.8, 4) is 11.1 Å². The number of hydrogen-bond donors (Lipinski definition) is 2. The second kappa shape index (κ2) is 7.97. The van der Waals surface area contributed by atoms with Crippen LogP contribution < -0.4 is 5.32 Å². The van der Waals surface area contributed by atoms with Gasteiger partial charge in [0.1, 0.15) is 5.00 Å². The number of aryl methyl sites for hydroxylation is 2. The Morgan fingerprint density at radius 1 is 1.00 bits per heavy atom. The van der Waals surface area contributed by atoms with Gasteiger partial charge >= 0.3 is 5.97 Å². The van der Waals surface area contributed by atoms with Gasteiger partial charge in [0.15, 0.2) is 0 Å². The number of carboxylic acids is 1. The molecule has 0 aliphatic rings. The fourth-order valence-electron chi connectivity index (χ4n) is 2.71. The maximum Gasteiger partial charge on any atom is 0.338 e. The Bertz CT molecular complexity index is 914. The van der Waals surface area contributed by atoms with E-state index in [2.05, 4.69) is 17.4 Å². The second-order valence-corrected chi connectivity index (χ2v) is 7.27. The highest BCUT2D eigenvalue weighted by Crippen LogP contribution is 2.27. The van der Waals surface area contributed by atoms with E-state index >= 15 is 0 Å². The number of amides is 1. The zero-order chi connectivity index (χ0) is 18.5. The largest absolute Gasteiger partial charge is 0.478 e. The molecule has 0 saturated heterocycles. The normalized spacial score (nSPS) is 10.5. The Morgan fingerprint density at radius 2 is 1.65 bits per heavy atom. The Kier molecular flexibility index (Phi) is 5.49. The minimum Gasteiger partial charge on any atom is -0.478 e. The predicted octanol–water partition coefficient (Wildman–Crippen LogP) is 4.99. The second-order valence-electron chi connectivity index (χ2n) is 6.02. The van der Waals surface area contributed by atoms with Gasteiger partial charge < -0.3 is 10.4 Å². The molecule has 0 spiro atoms. The lowest BCUT2D eigenvalue weighted by Crippen LogP contribution is -2.13. The van der Waals surface area contributed by atoms with Crippen molar-refractivity contribution in [3.63, 3.8) is 0 Å². The summed E-state index contributed by atoms with van der Waals surface area (Å²) in [6.07, 6.45) is 0.911. The highest BCUT2D eigenvalue weighted by Gasteiger charge is 2.15. The Hall–Kier alpha value is -2.92. The molecule has 132 valence electrons. The van der Waals surface area contributed by atoms with Crippen LogP contribution in [0.3, 0.4) is 0 Å². The van der Waals surface area contributed by atoms with Crippen LogP contribution in [-0.2, 0) is 11.2 Å². The van der Waals surface area contributed by atoms with Crippen LogP contribution in [0.25, 0.3) is 11.1 Å². The Balaban J connectivity index is 1.59. The number of carboxylic acid groups (broad SMARTS) is 1. The molecule has 0 atom stereocenters. The molecule has 2 N–H and O–H groups in total. The Labute approximate surface area is 156 Å². The molecule has 5 heteroatoms. The van der Waals surface area contributed by atoms with Crippen LogP contribution in [0.15, 0.2) is 60.7 Å². The van der Waals surface area contributed by atoms with Crippen LogP contribution in [0.2, 0.25) is 0 Å². The highest BCUT2D eigenvalue weighted by atomic mass is 32.1. The van der Waals surface area contributed by atoms with Crippen molar-refractivity contribution in [3.05, 3.63) is 76.7 Å². The number of carbonyl (C=O) groups excluding carboxylic acids is 1. The molecule has 4 nitrogen and oxygen atoms in total. The number of benzene rings is 2. The van der Waals surface area contributed by atoms with Crippen molar-refractivity contribution >= 4 is 28.2 Å². The molecule has 1 amide bonds. The average molecular weight is 365 g/mol. The van der Waals surface area contributed by atoms with Gasteiger partial charge in [0, 0.05) is 11.3 Å².